The molecule has 0 fully saturated rings. The van der Waals surface area contributed by atoms with Gasteiger partial charge in [-0.25, -0.2) is 0 Å². The Morgan fingerprint density at radius 2 is 1.20 bits per heavy atom. The summed E-state index contributed by atoms with van der Waals surface area (Å²) in [5.41, 5.74) is 0. The number of ether oxygens (including phenoxy) is 1. The third-order valence-electron chi connectivity index (χ3n) is 7.36. The molecule has 0 aromatic heterocycles. The molecule has 0 aliphatic heterocycles. The molecule has 0 bridgehead atoms. The van der Waals surface area contributed by atoms with Crippen LogP contribution in [0.4, 0.5) is 0 Å². The predicted molar refractivity (Wildman–Crippen MR) is 171 cm³/mol. The zero-order chi connectivity index (χ0) is 30.2. The highest BCUT2D eigenvalue weighted by Gasteiger charge is 2.11. The molecule has 238 valence electrons. The van der Waals surface area contributed by atoms with Crippen LogP contribution in [0.25, 0.3) is 0 Å². The van der Waals surface area contributed by atoms with Gasteiger partial charge in [0.05, 0.1) is 0 Å². The first-order valence-electron chi connectivity index (χ1n) is 17.0. The van der Waals surface area contributed by atoms with Gasteiger partial charge in [0, 0.05) is 12.8 Å². The van der Waals surface area contributed by atoms with E-state index >= 15 is 0 Å². The molecule has 0 spiro atoms. The van der Waals surface area contributed by atoms with E-state index in [1.807, 2.05) is 0 Å². The zero-order valence-electron chi connectivity index (χ0n) is 26.6. The molecule has 0 aromatic rings. The summed E-state index contributed by atoms with van der Waals surface area (Å²) in [6.45, 7) is 4.16. The number of hydrogen-bond acceptors (Lipinski definition) is 4. The van der Waals surface area contributed by atoms with Gasteiger partial charge < -0.3 is 15.2 Å². The van der Waals surface area contributed by atoms with Crippen LogP contribution in [0.15, 0.2) is 24.3 Å². The minimum Gasteiger partial charge on any atom is -0.480 e. The Labute approximate surface area is 252 Å². The summed E-state index contributed by atoms with van der Waals surface area (Å²) in [5, 5.41) is 11.0. The number of esters is 1. The van der Waals surface area contributed by atoms with Crippen molar-refractivity contribution in [3.05, 3.63) is 24.3 Å². The van der Waals surface area contributed by atoms with Crippen LogP contribution >= 0.6 is 0 Å². The maximum absolute atomic E-state index is 12.5. The minimum atomic E-state index is -1.02. The van der Waals surface area contributed by atoms with Gasteiger partial charge in [-0.2, -0.15) is 0 Å². The zero-order valence-corrected chi connectivity index (χ0v) is 26.6. The second kappa shape index (κ2) is 30.8. The average Bonchev–Trinajstić information content (AvgIpc) is 2.95. The van der Waals surface area contributed by atoms with Crippen LogP contribution in [-0.4, -0.2) is 35.6 Å². The molecule has 1 unspecified atom stereocenters. The van der Waals surface area contributed by atoms with Crippen molar-refractivity contribution in [2.45, 2.75) is 174 Å². The highest BCUT2D eigenvalue weighted by Crippen LogP contribution is 2.15. The molecular weight excluding hydrogens is 514 g/mol. The van der Waals surface area contributed by atoms with Crippen LogP contribution in [0.1, 0.15) is 168 Å². The molecule has 6 nitrogen and oxygen atoms in total. The van der Waals surface area contributed by atoms with E-state index in [2.05, 4.69) is 43.5 Å². The van der Waals surface area contributed by atoms with Crippen LogP contribution in [0, 0.1) is 0 Å². The number of aliphatic carboxylic acids is 1. The summed E-state index contributed by atoms with van der Waals surface area (Å²) < 4.78 is 5.87. The van der Waals surface area contributed by atoms with Crippen LogP contribution < -0.4 is 5.32 Å². The van der Waals surface area contributed by atoms with Gasteiger partial charge in [-0.05, 0) is 51.0 Å². The molecule has 1 amide bonds. The number of rotatable bonds is 30. The van der Waals surface area contributed by atoms with Crippen molar-refractivity contribution >= 4 is 17.8 Å². The van der Waals surface area contributed by atoms with E-state index < -0.39 is 5.97 Å². The van der Waals surface area contributed by atoms with E-state index in [9.17, 15) is 14.4 Å². The Bertz CT molecular complexity index is 688. The van der Waals surface area contributed by atoms with Gasteiger partial charge in [-0.15, -0.1) is 0 Å². The first kappa shape index (κ1) is 38.9. The van der Waals surface area contributed by atoms with Gasteiger partial charge in [-0.3, -0.25) is 14.4 Å². The molecule has 2 N–H and O–H groups in total. The summed E-state index contributed by atoms with van der Waals surface area (Å²) in [5.74, 6) is -1.29. The average molecular weight is 578 g/mol. The summed E-state index contributed by atoms with van der Waals surface area (Å²) in [4.78, 5) is 34.6. The normalized spacial score (nSPS) is 12.2. The van der Waals surface area contributed by atoms with Crippen molar-refractivity contribution < 1.29 is 24.2 Å². The number of carboxylic acid groups (broad SMARTS) is 1. The lowest BCUT2D eigenvalue weighted by Gasteiger charge is -2.14. The molecule has 0 aromatic carbocycles. The number of allylic oxidation sites excluding steroid dienone is 3. The van der Waals surface area contributed by atoms with Crippen molar-refractivity contribution in [1.29, 1.82) is 0 Å². The molecule has 41 heavy (non-hydrogen) atoms. The van der Waals surface area contributed by atoms with E-state index in [0.717, 1.165) is 70.6 Å². The first-order valence-corrected chi connectivity index (χ1v) is 17.0. The Morgan fingerprint density at radius 3 is 1.80 bits per heavy atom. The van der Waals surface area contributed by atoms with E-state index in [0.29, 0.717) is 12.8 Å². The largest absolute Gasteiger partial charge is 0.480 e. The van der Waals surface area contributed by atoms with Crippen molar-refractivity contribution in [3.63, 3.8) is 0 Å². The maximum atomic E-state index is 12.5. The molecule has 0 aliphatic carbocycles. The van der Waals surface area contributed by atoms with Crippen molar-refractivity contribution in [1.82, 2.24) is 5.32 Å². The van der Waals surface area contributed by atoms with Crippen molar-refractivity contribution in [2.24, 2.45) is 0 Å². The molecular formula is C35H63NO5. The fourth-order valence-electron chi connectivity index (χ4n) is 4.81. The highest BCUT2D eigenvalue weighted by molar-refractivity contribution is 5.80. The molecule has 0 saturated carbocycles. The van der Waals surface area contributed by atoms with Gasteiger partial charge in [0.1, 0.15) is 12.6 Å². The predicted octanol–water partition coefficient (Wildman–Crippen LogP) is 9.61. The van der Waals surface area contributed by atoms with Crippen LogP contribution in [0.5, 0.6) is 0 Å². The van der Waals surface area contributed by atoms with Gasteiger partial charge in [0.25, 0.3) is 0 Å². The Hall–Kier alpha value is -2.11. The Morgan fingerprint density at radius 1 is 0.659 bits per heavy atom. The van der Waals surface area contributed by atoms with Crippen LogP contribution in [0.2, 0.25) is 0 Å². The summed E-state index contributed by atoms with van der Waals surface area (Å²) >= 11 is 0. The monoisotopic (exact) mass is 577 g/mol. The number of nitrogens with one attached hydrogen (secondary N) is 1. The fourth-order valence-corrected chi connectivity index (χ4v) is 4.81. The van der Waals surface area contributed by atoms with Gasteiger partial charge in [0.2, 0.25) is 5.91 Å². The van der Waals surface area contributed by atoms with Crippen molar-refractivity contribution in [3.8, 4) is 0 Å². The first-order chi connectivity index (χ1) is 20.0. The van der Waals surface area contributed by atoms with E-state index in [1.165, 1.54) is 70.6 Å². The van der Waals surface area contributed by atoms with Gasteiger partial charge in [-0.1, -0.05) is 128 Å². The molecule has 0 aliphatic rings. The summed E-state index contributed by atoms with van der Waals surface area (Å²) in [7, 11) is 0. The lowest BCUT2D eigenvalue weighted by Crippen LogP contribution is -2.28. The van der Waals surface area contributed by atoms with E-state index in [4.69, 9.17) is 9.84 Å². The van der Waals surface area contributed by atoms with E-state index in [1.54, 1.807) is 0 Å². The summed E-state index contributed by atoms with van der Waals surface area (Å²) in [6, 6.07) is 0. The molecule has 0 heterocycles. The quantitative estimate of drug-likeness (QED) is 0.0504. The lowest BCUT2D eigenvalue weighted by molar-refractivity contribution is -0.147. The topological polar surface area (TPSA) is 92.7 Å². The van der Waals surface area contributed by atoms with Gasteiger partial charge in [0.15, 0.2) is 0 Å². The summed E-state index contributed by atoms with van der Waals surface area (Å²) in [6.07, 6.45) is 34.5. The molecule has 6 heteroatoms. The smallest absolute Gasteiger partial charge is 0.322 e. The second-order valence-electron chi connectivity index (χ2n) is 11.4. The highest BCUT2D eigenvalue weighted by atomic mass is 16.5. The maximum Gasteiger partial charge on any atom is 0.322 e. The number of amides is 1. The number of hydrogen-bond donors (Lipinski definition) is 2. The fraction of sp³-hybridized carbons (Fsp3) is 0.800. The van der Waals surface area contributed by atoms with Crippen LogP contribution in [-0.2, 0) is 19.1 Å². The van der Waals surface area contributed by atoms with Crippen LogP contribution in [0.3, 0.4) is 0 Å². The Kier molecular flexibility index (Phi) is 29.3. The third-order valence-corrected chi connectivity index (χ3v) is 7.36. The van der Waals surface area contributed by atoms with Gasteiger partial charge >= 0.3 is 11.9 Å². The van der Waals surface area contributed by atoms with E-state index in [-0.39, 0.29) is 24.5 Å². The molecule has 0 rings (SSSR count). The number of carbonyl (C=O) groups excluding carboxylic acids is 2. The Balaban J connectivity index is 4.22. The second-order valence-corrected chi connectivity index (χ2v) is 11.4. The molecule has 0 saturated heterocycles. The number of unbranched alkanes of at least 4 members (excludes halogenated alkanes) is 17. The minimum absolute atomic E-state index is 0.0736. The molecule has 0 radical (unpaired) electrons. The van der Waals surface area contributed by atoms with Crippen molar-refractivity contribution in [2.75, 3.05) is 6.54 Å². The number of carbonyl (C=O) groups is 3. The standard InChI is InChI=1S/C35H63NO5/c1-3-5-7-9-11-13-14-16-22-26-30-35(40)41-32(27-23-19-15-12-10-8-6-4-2)28-24-20-17-18-21-25-29-33(37)36-31-34(38)39/h12,15,23,27,32H,3-11,13-14,16-22,24-26,28-31H2,1-2H3,(H,36,37)(H,38,39)/b15-12-,27-23-. The number of carboxylic acids is 1. The lowest BCUT2D eigenvalue weighted by atomic mass is 10.0. The molecule has 1 atom stereocenters. The SMILES string of the molecule is CCCCC/C=C\C/C=C\C(CCCCCCCCC(=O)NCC(=O)O)OC(=O)CCCCCCCCCCCC. The third kappa shape index (κ3) is 30.7.